The minimum absolute atomic E-state index is 0.0469. The monoisotopic (exact) mass is 375 g/mol. The fourth-order valence-electron chi connectivity index (χ4n) is 3.38. The van der Waals surface area contributed by atoms with E-state index >= 15 is 0 Å². The van der Waals surface area contributed by atoms with Crippen LogP contribution in [0, 0.1) is 0 Å². The van der Waals surface area contributed by atoms with Gasteiger partial charge in [0.15, 0.2) is 0 Å². The third-order valence-corrected chi connectivity index (χ3v) is 5.28. The molecule has 1 aliphatic rings. The summed E-state index contributed by atoms with van der Waals surface area (Å²) in [6.07, 6.45) is 3.34. The van der Waals surface area contributed by atoms with Crippen molar-refractivity contribution in [3.63, 3.8) is 0 Å². The zero-order chi connectivity index (χ0) is 18.5. The molecule has 2 heterocycles. The molecule has 1 N–H and O–H groups in total. The van der Waals surface area contributed by atoms with Crippen molar-refractivity contribution in [2.75, 3.05) is 31.5 Å². The van der Waals surface area contributed by atoms with E-state index in [0.717, 1.165) is 55.1 Å². The van der Waals surface area contributed by atoms with Crippen LogP contribution in [0.15, 0.2) is 34.9 Å². The summed E-state index contributed by atoms with van der Waals surface area (Å²) in [5, 5.41) is 3.83. The summed E-state index contributed by atoms with van der Waals surface area (Å²) in [5.41, 5.74) is 3.01. The van der Waals surface area contributed by atoms with Gasteiger partial charge in [-0.3, -0.25) is 4.90 Å². The lowest BCUT2D eigenvalue weighted by Crippen LogP contribution is -2.49. The standard InChI is InChI=1S/C20H26ClN3O2/c1-3-15-7-8-18(21)17(4-2)19(15)22-20(25)24-11-9-23(10-12-24)14-16-6-5-13-26-16/h5-8,13H,3-4,9-12,14H2,1-2H3,(H,22,25). The van der Waals surface area contributed by atoms with Crippen molar-refractivity contribution in [2.45, 2.75) is 33.2 Å². The quantitative estimate of drug-likeness (QED) is 0.842. The highest BCUT2D eigenvalue weighted by Crippen LogP contribution is 2.29. The minimum Gasteiger partial charge on any atom is -0.468 e. The van der Waals surface area contributed by atoms with E-state index in [1.165, 1.54) is 0 Å². The molecule has 140 valence electrons. The van der Waals surface area contributed by atoms with Gasteiger partial charge < -0.3 is 14.6 Å². The highest BCUT2D eigenvalue weighted by Gasteiger charge is 2.23. The Morgan fingerprint density at radius 3 is 2.54 bits per heavy atom. The zero-order valence-electron chi connectivity index (χ0n) is 15.4. The van der Waals surface area contributed by atoms with E-state index in [9.17, 15) is 4.79 Å². The summed E-state index contributed by atoms with van der Waals surface area (Å²) >= 11 is 6.33. The number of anilines is 1. The molecule has 6 heteroatoms. The van der Waals surface area contributed by atoms with Crippen molar-refractivity contribution >= 4 is 23.3 Å². The Morgan fingerprint density at radius 2 is 1.92 bits per heavy atom. The van der Waals surface area contributed by atoms with Gasteiger partial charge in [-0.2, -0.15) is 0 Å². The number of benzene rings is 1. The molecule has 0 radical (unpaired) electrons. The number of nitrogens with one attached hydrogen (secondary N) is 1. The van der Waals surface area contributed by atoms with E-state index in [-0.39, 0.29) is 6.03 Å². The summed E-state index contributed by atoms with van der Waals surface area (Å²) in [4.78, 5) is 16.9. The normalized spacial score (nSPS) is 15.3. The number of piperazine rings is 1. The van der Waals surface area contributed by atoms with Crippen LogP contribution >= 0.6 is 11.6 Å². The van der Waals surface area contributed by atoms with Gasteiger partial charge in [0.2, 0.25) is 0 Å². The Kier molecular flexibility index (Phi) is 6.22. The lowest BCUT2D eigenvalue weighted by atomic mass is 10.0. The van der Waals surface area contributed by atoms with Crippen molar-refractivity contribution in [1.29, 1.82) is 0 Å². The molecule has 2 amide bonds. The maximum atomic E-state index is 12.8. The van der Waals surface area contributed by atoms with Crippen LogP contribution in [0.5, 0.6) is 0 Å². The molecule has 1 aromatic carbocycles. The Hall–Kier alpha value is -1.98. The summed E-state index contributed by atoms with van der Waals surface area (Å²) in [7, 11) is 0. The number of hydrogen-bond donors (Lipinski definition) is 1. The lowest BCUT2D eigenvalue weighted by molar-refractivity contribution is 0.137. The Morgan fingerprint density at radius 1 is 1.15 bits per heavy atom. The molecule has 0 atom stereocenters. The average Bonchev–Trinajstić information content (AvgIpc) is 3.16. The van der Waals surface area contributed by atoms with Gasteiger partial charge in [0.1, 0.15) is 5.76 Å². The molecule has 0 aliphatic carbocycles. The first kappa shape index (κ1) is 18.8. The fraction of sp³-hybridized carbons (Fsp3) is 0.450. The number of urea groups is 1. The maximum absolute atomic E-state index is 12.8. The number of aryl methyl sites for hydroxylation is 1. The van der Waals surface area contributed by atoms with Gasteiger partial charge in [0, 0.05) is 31.2 Å². The Bertz CT molecular complexity index is 738. The van der Waals surface area contributed by atoms with E-state index < -0.39 is 0 Å². The molecule has 1 saturated heterocycles. The van der Waals surface area contributed by atoms with Gasteiger partial charge in [-0.1, -0.05) is 31.5 Å². The van der Waals surface area contributed by atoms with Gasteiger partial charge in [0.25, 0.3) is 0 Å². The second kappa shape index (κ2) is 8.60. The smallest absolute Gasteiger partial charge is 0.321 e. The van der Waals surface area contributed by atoms with E-state index in [0.29, 0.717) is 18.1 Å². The maximum Gasteiger partial charge on any atom is 0.321 e. The van der Waals surface area contributed by atoms with E-state index in [2.05, 4.69) is 24.1 Å². The number of carbonyl (C=O) groups is 1. The van der Waals surface area contributed by atoms with Crippen LogP contribution in [0.2, 0.25) is 5.02 Å². The third-order valence-electron chi connectivity index (χ3n) is 4.93. The number of amides is 2. The van der Waals surface area contributed by atoms with Gasteiger partial charge in [-0.25, -0.2) is 4.79 Å². The van der Waals surface area contributed by atoms with Crippen LogP contribution in [0.4, 0.5) is 10.5 Å². The summed E-state index contributed by atoms with van der Waals surface area (Å²) < 4.78 is 5.40. The molecule has 0 bridgehead atoms. The van der Waals surface area contributed by atoms with Crippen molar-refractivity contribution in [2.24, 2.45) is 0 Å². The first-order valence-electron chi connectivity index (χ1n) is 9.23. The second-order valence-electron chi connectivity index (χ2n) is 6.54. The Balaban J connectivity index is 1.62. The molecular weight excluding hydrogens is 350 g/mol. The molecule has 0 spiro atoms. The third kappa shape index (κ3) is 4.22. The van der Waals surface area contributed by atoms with Crippen LogP contribution in [0.1, 0.15) is 30.7 Å². The molecule has 1 aliphatic heterocycles. The van der Waals surface area contributed by atoms with Crippen LogP contribution < -0.4 is 5.32 Å². The number of halogens is 1. The first-order valence-corrected chi connectivity index (χ1v) is 9.61. The molecule has 1 fully saturated rings. The minimum atomic E-state index is -0.0469. The SMILES string of the molecule is CCc1ccc(Cl)c(CC)c1NC(=O)N1CCN(Cc2ccco2)CC1. The van der Waals surface area contributed by atoms with Crippen LogP contribution in [0.3, 0.4) is 0 Å². The Labute approximate surface area is 159 Å². The second-order valence-corrected chi connectivity index (χ2v) is 6.95. The van der Waals surface area contributed by atoms with Gasteiger partial charge in [0.05, 0.1) is 18.5 Å². The molecule has 26 heavy (non-hydrogen) atoms. The van der Waals surface area contributed by atoms with Gasteiger partial charge in [-0.15, -0.1) is 0 Å². The molecule has 1 aromatic heterocycles. The molecule has 0 saturated carbocycles. The van der Waals surface area contributed by atoms with Gasteiger partial charge >= 0.3 is 6.03 Å². The topological polar surface area (TPSA) is 48.7 Å². The van der Waals surface area contributed by atoms with E-state index in [1.807, 2.05) is 29.2 Å². The van der Waals surface area contributed by atoms with E-state index in [4.69, 9.17) is 16.0 Å². The first-order chi connectivity index (χ1) is 12.6. The highest BCUT2D eigenvalue weighted by atomic mass is 35.5. The summed E-state index contributed by atoms with van der Waals surface area (Å²) in [6.45, 7) is 8.02. The highest BCUT2D eigenvalue weighted by molar-refractivity contribution is 6.31. The lowest BCUT2D eigenvalue weighted by Gasteiger charge is -2.34. The van der Waals surface area contributed by atoms with Crippen molar-refractivity contribution in [1.82, 2.24) is 9.80 Å². The van der Waals surface area contributed by atoms with Crippen molar-refractivity contribution < 1.29 is 9.21 Å². The van der Waals surface area contributed by atoms with Crippen molar-refractivity contribution in [3.05, 3.63) is 52.4 Å². The molecule has 3 rings (SSSR count). The van der Waals surface area contributed by atoms with E-state index in [1.54, 1.807) is 6.26 Å². The number of rotatable bonds is 5. The number of furan rings is 1. The van der Waals surface area contributed by atoms with Crippen LogP contribution in [-0.2, 0) is 19.4 Å². The van der Waals surface area contributed by atoms with Crippen LogP contribution in [0.25, 0.3) is 0 Å². The van der Waals surface area contributed by atoms with Crippen LogP contribution in [-0.4, -0.2) is 42.0 Å². The van der Waals surface area contributed by atoms with Gasteiger partial charge in [-0.05, 0) is 42.2 Å². The molecule has 0 unspecified atom stereocenters. The fourth-order valence-corrected chi connectivity index (χ4v) is 3.68. The predicted molar refractivity (Wildman–Crippen MR) is 105 cm³/mol. The van der Waals surface area contributed by atoms with Crippen molar-refractivity contribution in [3.8, 4) is 0 Å². The summed E-state index contributed by atoms with van der Waals surface area (Å²) in [6, 6.07) is 7.76. The predicted octanol–water partition coefficient (Wildman–Crippen LogP) is 4.41. The molecular formula is C20H26ClN3O2. The number of nitrogens with zero attached hydrogens (tertiary/aromatic N) is 2. The molecule has 2 aromatic rings. The zero-order valence-corrected chi connectivity index (χ0v) is 16.2. The average molecular weight is 376 g/mol. The number of carbonyl (C=O) groups excluding carboxylic acids is 1. The molecule has 5 nitrogen and oxygen atoms in total. The summed E-state index contributed by atoms with van der Waals surface area (Å²) in [5.74, 6) is 0.960. The number of hydrogen-bond acceptors (Lipinski definition) is 3. The largest absolute Gasteiger partial charge is 0.468 e.